The summed E-state index contributed by atoms with van der Waals surface area (Å²) in [5, 5.41) is 15.7. The molecule has 7 heteroatoms. The Balaban J connectivity index is 3.40. The topological polar surface area (TPSA) is 105 Å². The highest BCUT2D eigenvalue weighted by molar-refractivity contribution is 5.76. The second kappa shape index (κ2) is 42.1. The predicted octanol–water partition coefficient (Wildman–Crippen LogP) is 12.2. The zero-order valence-electron chi connectivity index (χ0n) is 34.7. The first-order chi connectivity index (χ1) is 25.5. The van der Waals surface area contributed by atoms with Crippen molar-refractivity contribution >= 4 is 17.8 Å². The van der Waals surface area contributed by atoms with E-state index in [-0.39, 0.29) is 30.9 Å². The molecule has 1 atom stereocenters. The van der Waals surface area contributed by atoms with Gasteiger partial charge in [-0.1, -0.05) is 200 Å². The maximum Gasteiger partial charge on any atom is 0.305 e. The van der Waals surface area contributed by atoms with Crippen molar-refractivity contribution in [1.82, 2.24) is 10.6 Å². The van der Waals surface area contributed by atoms with Gasteiger partial charge in [-0.15, -0.1) is 0 Å². The highest BCUT2D eigenvalue weighted by Crippen LogP contribution is 2.15. The van der Waals surface area contributed by atoms with E-state index in [1.54, 1.807) is 0 Å². The number of aliphatic hydroxyl groups excluding tert-OH is 1. The Bertz CT molecular complexity index is 777. The van der Waals surface area contributed by atoms with Crippen molar-refractivity contribution in [3.8, 4) is 0 Å². The zero-order chi connectivity index (χ0) is 38.0. The molecule has 1 unspecified atom stereocenters. The van der Waals surface area contributed by atoms with Crippen molar-refractivity contribution in [1.29, 1.82) is 0 Å². The molecule has 0 saturated heterocycles. The molecule has 52 heavy (non-hydrogen) atoms. The van der Waals surface area contributed by atoms with Gasteiger partial charge in [-0.25, -0.2) is 0 Å². The highest BCUT2D eigenvalue weighted by atomic mass is 16.5. The number of amides is 2. The Hall–Kier alpha value is -1.63. The molecule has 3 N–H and O–H groups in total. The molecule has 308 valence electrons. The summed E-state index contributed by atoms with van der Waals surface area (Å²) < 4.78 is 5.41. The third-order valence-corrected chi connectivity index (χ3v) is 10.4. The summed E-state index contributed by atoms with van der Waals surface area (Å²) in [7, 11) is 0. The van der Waals surface area contributed by atoms with E-state index >= 15 is 0 Å². The van der Waals surface area contributed by atoms with Gasteiger partial charge in [-0.05, 0) is 25.7 Å². The molecule has 0 radical (unpaired) electrons. The number of nitrogens with one attached hydrogen (secondary N) is 2. The number of hydrogen-bond acceptors (Lipinski definition) is 5. The van der Waals surface area contributed by atoms with Gasteiger partial charge in [-0.2, -0.15) is 0 Å². The average Bonchev–Trinajstić information content (AvgIpc) is 3.14. The fraction of sp³-hybridized carbons (Fsp3) is 0.933. The van der Waals surface area contributed by atoms with Gasteiger partial charge in [0.25, 0.3) is 0 Å². The first kappa shape index (κ1) is 50.4. The van der Waals surface area contributed by atoms with Gasteiger partial charge in [-0.3, -0.25) is 14.4 Å². The van der Waals surface area contributed by atoms with Crippen LogP contribution in [0.5, 0.6) is 0 Å². The molecule has 0 spiro atoms. The number of hydrogen-bond donors (Lipinski definition) is 3. The molecular weight excluding hydrogens is 649 g/mol. The first-order valence-corrected chi connectivity index (χ1v) is 22.9. The number of carbonyl (C=O) groups is 3. The first-order valence-electron chi connectivity index (χ1n) is 22.9. The van der Waals surface area contributed by atoms with Crippen molar-refractivity contribution < 1.29 is 24.2 Å². The van der Waals surface area contributed by atoms with Crippen LogP contribution < -0.4 is 10.6 Å². The van der Waals surface area contributed by atoms with E-state index in [0.717, 1.165) is 70.6 Å². The summed E-state index contributed by atoms with van der Waals surface area (Å²) in [6.07, 6.45) is 41.7. The maximum atomic E-state index is 12.1. The van der Waals surface area contributed by atoms with Gasteiger partial charge in [0.2, 0.25) is 11.8 Å². The summed E-state index contributed by atoms with van der Waals surface area (Å²) in [5.74, 6) is -0.105. The lowest BCUT2D eigenvalue weighted by Gasteiger charge is -2.13. The Morgan fingerprint density at radius 2 is 0.673 bits per heavy atom. The molecule has 0 aromatic rings. The smallest absolute Gasteiger partial charge is 0.305 e. The predicted molar refractivity (Wildman–Crippen MR) is 221 cm³/mol. The van der Waals surface area contributed by atoms with Crippen LogP contribution in [0, 0.1) is 0 Å². The highest BCUT2D eigenvalue weighted by Gasteiger charge is 2.09. The lowest BCUT2D eigenvalue weighted by molar-refractivity contribution is -0.144. The van der Waals surface area contributed by atoms with E-state index in [1.165, 1.54) is 141 Å². The summed E-state index contributed by atoms with van der Waals surface area (Å²) in [4.78, 5) is 36.2. The molecular formula is C45H88N2O5. The van der Waals surface area contributed by atoms with Crippen LogP contribution in [0.2, 0.25) is 0 Å². The Kier molecular flexibility index (Phi) is 40.8. The maximum absolute atomic E-state index is 12.1. The minimum Gasteiger partial charge on any atom is -0.466 e. The lowest BCUT2D eigenvalue weighted by atomic mass is 10.0. The van der Waals surface area contributed by atoms with E-state index in [2.05, 4.69) is 24.5 Å². The second-order valence-electron chi connectivity index (χ2n) is 15.7. The van der Waals surface area contributed by atoms with Crippen LogP contribution in [0.15, 0.2) is 0 Å². The van der Waals surface area contributed by atoms with Gasteiger partial charge < -0.3 is 20.5 Å². The molecule has 0 aliphatic carbocycles. The summed E-state index contributed by atoms with van der Waals surface area (Å²) in [5.41, 5.74) is 0. The number of esters is 1. The van der Waals surface area contributed by atoms with Gasteiger partial charge in [0, 0.05) is 32.4 Å². The zero-order valence-corrected chi connectivity index (χ0v) is 34.7. The van der Waals surface area contributed by atoms with Crippen LogP contribution in [-0.4, -0.2) is 48.7 Å². The Morgan fingerprint density at radius 1 is 0.404 bits per heavy atom. The number of aliphatic hydroxyl groups is 1. The number of rotatable bonds is 42. The molecule has 0 bridgehead atoms. The number of ether oxygens (including phenoxy) is 1. The standard InChI is InChI=1S/C45H88N2O5/c1-3-5-7-9-11-13-15-17-19-21-24-28-32-36-43(49)46-40-42(48)41-47-44(50)37-33-29-25-23-27-31-35-39-52-45(51)38-34-30-26-22-20-18-16-14-12-10-8-6-4-2/h42,48H,3-41H2,1-2H3,(H,46,49)(H,47,50). The van der Waals surface area contributed by atoms with Crippen molar-refractivity contribution in [3.05, 3.63) is 0 Å². The number of carbonyl (C=O) groups excluding carboxylic acids is 3. The van der Waals surface area contributed by atoms with Crippen molar-refractivity contribution in [2.45, 2.75) is 251 Å². The summed E-state index contributed by atoms with van der Waals surface area (Å²) >= 11 is 0. The minimum atomic E-state index is -0.766. The third-order valence-electron chi connectivity index (χ3n) is 10.4. The van der Waals surface area contributed by atoms with Crippen LogP contribution >= 0.6 is 0 Å². The molecule has 7 nitrogen and oxygen atoms in total. The van der Waals surface area contributed by atoms with E-state index in [4.69, 9.17) is 4.74 Å². The largest absolute Gasteiger partial charge is 0.466 e. The van der Waals surface area contributed by atoms with Gasteiger partial charge in [0.1, 0.15) is 0 Å². The molecule has 0 heterocycles. The van der Waals surface area contributed by atoms with Crippen molar-refractivity contribution in [2.75, 3.05) is 19.7 Å². The number of unbranched alkanes of at least 4 members (excludes halogenated alkanes) is 30. The molecule has 0 aromatic heterocycles. The monoisotopic (exact) mass is 737 g/mol. The minimum absolute atomic E-state index is 0.0188. The van der Waals surface area contributed by atoms with Crippen molar-refractivity contribution in [2.24, 2.45) is 0 Å². The quantitative estimate of drug-likeness (QED) is 0.0427. The molecule has 0 saturated carbocycles. The van der Waals surface area contributed by atoms with E-state index < -0.39 is 6.10 Å². The van der Waals surface area contributed by atoms with Crippen LogP contribution in [0.4, 0.5) is 0 Å². The van der Waals surface area contributed by atoms with E-state index in [1.807, 2.05) is 0 Å². The van der Waals surface area contributed by atoms with Crippen LogP contribution in [0.25, 0.3) is 0 Å². The molecule has 0 aliphatic rings. The fourth-order valence-corrected chi connectivity index (χ4v) is 6.83. The lowest BCUT2D eigenvalue weighted by Crippen LogP contribution is -2.39. The summed E-state index contributed by atoms with van der Waals surface area (Å²) in [6.45, 7) is 5.41. The van der Waals surface area contributed by atoms with Crippen LogP contribution in [0.3, 0.4) is 0 Å². The average molecular weight is 737 g/mol. The van der Waals surface area contributed by atoms with Crippen molar-refractivity contribution in [3.63, 3.8) is 0 Å². The van der Waals surface area contributed by atoms with Crippen LogP contribution in [-0.2, 0) is 19.1 Å². The normalized spacial score (nSPS) is 11.8. The van der Waals surface area contributed by atoms with E-state index in [9.17, 15) is 19.5 Å². The van der Waals surface area contributed by atoms with E-state index in [0.29, 0.717) is 25.9 Å². The molecule has 0 aromatic carbocycles. The third kappa shape index (κ3) is 41.1. The van der Waals surface area contributed by atoms with Gasteiger partial charge >= 0.3 is 5.97 Å². The molecule has 0 rings (SSSR count). The summed E-state index contributed by atoms with van der Waals surface area (Å²) in [6, 6.07) is 0. The fourth-order valence-electron chi connectivity index (χ4n) is 6.83. The molecule has 2 amide bonds. The van der Waals surface area contributed by atoms with Crippen LogP contribution in [0.1, 0.15) is 245 Å². The molecule has 0 aliphatic heterocycles. The van der Waals surface area contributed by atoms with Gasteiger partial charge in [0.05, 0.1) is 12.7 Å². The second-order valence-corrected chi connectivity index (χ2v) is 15.7. The van der Waals surface area contributed by atoms with Gasteiger partial charge in [0.15, 0.2) is 0 Å². The molecule has 0 fully saturated rings. The Morgan fingerprint density at radius 3 is 1.00 bits per heavy atom. The Labute approximate surface area is 322 Å². The SMILES string of the molecule is CCCCCCCCCCCCCCCC(=O)NCC(O)CNC(=O)CCCCCCCCCOC(=O)CCCCCCCCCCCCCCC.